The number of fused-ring (bicyclic) bond motifs is 1. The Morgan fingerprint density at radius 2 is 2.19 bits per heavy atom. The van der Waals surface area contributed by atoms with Crippen LogP contribution in [0.15, 0.2) is 17.1 Å². The first-order valence-electron chi connectivity index (χ1n) is 10.3. The highest BCUT2D eigenvalue weighted by Gasteiger charge is 2.22. The number of guanidine groups is 1. The Morgan fingerprint density at radius 3 is 2.93 bits per heavy atom. The van der Waals surface area contributed by atoms with Crippen LogP contribution in [0.2, 0.25) is 0 Å². The molecule has 1 aromatic carbocycles. The van der Waals surface area contributed by atoms with Crippen molar-refractivity contribution in [2.24, 2.45) is 4.99 Å². The molecule has 2 atom stereocenters. The first-order valence-corrected chi connectivity index (χ1v) is 10.3. The summed E-state index contributed by atoms with van der Waals surface area (Å²) in [6.45, 7) is 9.97. The fraction of sp³-hybridized carbons (Fsp3) is 0.667. The minimum atomic E-state index is 0.227. The van der Waals surface area contributed by atoms with Gasteiger partial charge in [0.2, 0.25) is 0 Å². The molecule has 1 aromatic rings. The van der Waals surface area contributed by atoms with Crippen LogP contribution in [0.3, 0.4) is 0 Å². The molecule has 2 heterocycles. The van der Waals surface area contributed by atoms with Gasteiger partial charge in [0, 0.05) is 37.2 Å². The molecule has 27 heavy (non-hydrogen) atoms. The minimum absolute atomic E-state index is 0.227. The smallest absolute Gasteiger partial charge is 0.191 e. The quantitative estimate of drug-likeness (QED) is 0.540. The first-order chi connectivity index (χ1) is 13.2. The monoisotopic (exact) mass is 375 g/mol. The molecular formula is C21H33N3O3. The van der Waals surface area contributed by atoms with Crippen molar-refractivity contribution < 1.29 is 14.2 Å². The van der Waals surface area contributed by atoms with E-state index in [2.05, 4.69) is 36.6 Å². The number of nitrogens with one attached hydrogen (secondary N) is 2. The molecule has 0 radical (unpaired) electrons. The van der Waals surface area contributed by atoms with Gasteiger partial charge in [0.15, 0.2) is 5.96 Å². The van der Waals surface area contributed by atoms with E-state index in [9.17, 15) is 0 Å². The van der Waals surface area contributed by atoms with E-state index in [0.717, 1.165) is 55.6 Å². The third kappa shape index (κ3) is 5.51. The Hall–Kier alpha value is -1.95. The molecule has 2 unspecified atom stereocenters. The van der Waals surface area contributed by atoms with Crippen molar-refractivity contribution in [3.8, 4) is 11.5 Å². The van der Waals surface area contributed by atoms with Gasteiger partial charge in [-0.1, -0.05) is 0 Å². The molecule has 0 spiro atoms. The van der Waals surface area contributed by atoms with Crippen LogP contribution in [0.25, 0.3) is 0 Å². The SMILES string of the molecule is CCNC(=NCc1cc2c(cc1OCC)CC(C)O2)NCCC1CCCO1. The van der Waals surface area contributed by atoms with Crippen LogP contribution in [0.5, 0.6) is 11.5 Å². The lowest BCUT2D eigenvalue weighted by atomic mass is 10.1. The van der Waals surface area contributed by atoms with Gasteiger partial charge in [-0.2, -0.15) is 0 Å². The summed E-state index contributed by atoms with van der Waals surface area (Å²) >= 11 is 0. The van der Waals surface area contributed by atoms with Crippen LogP contribution >= 0.6 is 0 Å². The molecule has 150 valence electrons. The highest BCUT2D eigenvalue weighted by Crippen LogP contribution is 2.35. The van der Waals surface area contributed by atoms with Gasteiger partial charge in [0.25, 0.3) is 0 Å². The molecule has 0 aromatic heterocycles. The standard InChI is InChI=1S/C21H33N3O3/c1-4-22-21(23-9-8-18-7-6-10-26-18)24-14-17-13-20-16(11-15(3)27-20)12-19(17)25-5-2/h12-13,15,18H,4-11,14H2,1-3H3,(H2,22,23,24). The van der Waals surface area contributed by atoms with E-state index in [-0.39, 0.29) is 6.10 Å². The van der Waals surface area contributed by atoms with Gasteiger partial charge in [-0.3, -0.25) is 0 Å². The average molecular weight is 376 g/mol. The highest BCUT2D eigenvalue weighted by atomic mass is 16.5. The summed E-state index contributed by atoms with van der Waals surface area (Å²) in [5.41, 5.74) is 2.28. The van der Waals surface area contributed by atoms with E-state index >= 15 is 0 Å². The summed E-state index contributed by atoms with van der Waals surface area (Å²) in [6.07, 6.45) is 4.91. The van der Waals surface area contributed by atoms with E-state index in [4.69, 9.17) is 19.2 Å². The molecule has 2 N–H and O–H groups in total. The van der Waals surface area contributed by atoms with Crippen molar-refractivity contribution >= 4 is 5.96 Å². The summed E-state index contributed by atoms with van der Waals surface area (Å²) in [7, 11) is 0. The van der Waals surface area contributed by atoms with Gasteiger partial charge in [-0.05, 0) is 52.2 Å². The normalized spacial score (nSPS) is 21.7. The van der Waals surface area contributed by atoms with Gasteiger partial charge in [-0.15, -0.1) is 0 Å². The average Bonchev–Trinajstić information content (AvgIpc) is 3.28. The van der Waals surface area contributed by atoms with Crippen molar-refractivity contribution in [1.29, 1.82) is 0 Å². The number of benzene rings is 1. The van der Waals surface area contributed by atoms with Crippen LogP contribution in [-0.4, -0.2) is 44.5 Å². The maximum atomic E-state index is 5.91. The summed E-state index contributed by atoms with van der Waals surface area (Å²) in [5, 5.41) is 6.73. The van der Waals surface area contributed by atoms with E-state index in [1.54, 1.807) is 0 Å². The van der Waals surface area contributed by atoms with Crippen molar-refractivity contribution in [2.75, 3.05) is 26.3 Å². The zero-order valence-electron chi connectivity index (χ0n) is 16.8. The predicted molar refractivity (Wildman–Crippen MR) is 108 cm³/mol. The third-order valence-electron chi connectivity index (χ3n) is 4.91. The van der Waals surface area contributed by atoms with Crippen molar-refractivity contribution in [3.63, 3.8) is 0 Å². The van der Waals surface area contributed by atoms with E-state index in [0.29, 0.717) is 19.3 Å². The molecule has 2 aliphatic rings. The second-order valence-electron chi connectivity index (χ2n) is 7.18. The van der Waals surface area contributed by atoms with E-state index < -0.39 is 0 Å². The zero-order valence-corrected chi connectivity index (χ0v) is 16.8. The van der Waals surface area contributed by atoms with Crippen LogP contribution in [0.1, 0.15) is 51.2 Å². The fourth-order valence-corrected chi connectivity index (χ4v) is 3.62. The molecule has 0 bridgehead atoms. The van der Waals surface area contributed by atoms with Gasteiger partial charge in [-0.25, -0.2) is 4.99 Å². The Labute approximate surface area is 162 Å². The molecule has 6 nitrogen and oxygen atoms in total. The topological polar surface area (TPSA) is 64.1 Å². The van der Waals surface area contributed by atoms with Gasteiger partial charge < -0.3 is 24.8 Å². The Morgan fingerprint density at radius 1 is 1.30 bits per heavy atom. The number of aliphatic imine (C=N–C) groups is 1. The number of ether oxygens (including phenoxy) is 3. The zero-order chi connectivity index (χ0) is 19.1. The molecule has 1 saturated heterocycles. The fourth-order valence-electron chi connectivity index (χ4n) is 3.62. The number of rotatable bonds is 8. The lowest BCUT2D eigenvalue weighted by Gasteiger charge is -2.15. The first kappa shape index (κ1) is 19.8. The Balaban J connectivity index is 1.64. The molecule has 0 saturated carbocycles. The van der Waals surface area contributed by atoms with Crippen molar-refractivity contribution in [3.05, 3.63) is 23.3 Å². The van der Waals surface area contributed by atoms with Crippen molar-refractivity contribution in [1.82, 2.24) is 10.6 Å². The highest BCUT2D eigenvalue weighted by molar-refractivity contribution is 5.79. The van der Waals surface area contributed by atoms with Crippen LogP contribution in [-0.2, 0) is 17.7 Å². The van der Waals surface area contributed by atoms with Crippen molar-refractivity contribution in [2.45, 2.75) is 65.2 Å². The Kier molecular flexibility index (Phi) is 7.21. The molecular weight excluding hydrogens is 342 g/mol. The van der Waals surface area contributed by atoms with Gasteiger partial charge in [0.05, 0.1) is 19.3 Å². The molecule has 1 fully saturated rings. The largest absolute Gasteiger partial charge is 0.494 e. The van der Waals surface area contributed by atoms with E-state index in [1.165, 1.54) is 18.4 Å². The Bertz CT molecular complexity index is 642. The lowest BCUT2D eigenvalue weighted by Crippen LogP contribution is -2.38. The van der Waals surface area contributed by atoms with Crippen LogP contribution in [0, 0.1) is 0 Å². The lowest BCUT2D eigenvalue weighted by molar-refractivity contribution is 0.105. The maximum Gasteiger partial charge on any atom is 0.191 e. The van der Waals surface area contributed by atoms with E-state index in [1.807, 2.05) is 6.92 Å². The van der Waals surface area contributed by atoms with Crippen LogP contribution < -0.4 is 20.1 Å². The van der Waals surface area contributed by atoms with Gasteiger partial charge in [0.1, 0.15) is 17.6 Å². The number of hydrogen-bond acceptors (Lipinski definition) is 4. The summed E-state index contributed by atoms with van der Waals surface area (Å²) in [6, 6.07) is 4.20. The predicted octanol–water partition coefficient (Wildman–Crippen LogP) is 3.03. The summed E-state index contributed by atoms with van der Waals surface area (Å²) in [5.74, 6) is 2.70. The van der Waals surface area contributed by atoms with Gasteiger partial charge >= 0.3 is 0 Å². The second-order valence-corrected chi connectivity index (χ2v) is 7.18. The molecule has 6 heteroatoms. The maximum absolute atomic E-state index is 5.91. The molecule has 0 amide bonds. The summed E-state index contributed by atoms with van der Waals surface area (Å²) in [4.78, 5) is 4.75. The molecule has 3 rings (SSSR count). The molecule has 0 aliphatic carbocycles. The second kappa shape index (κ2) is 9.83. The number of hydrogen-bond donors (Lipinski definition) is 2. The molecule has 2 aliphatic heterocycles. The number of nitrogens with zero attached hydrogens (tertiary/aromatic N) is 1. The third-order valence-corrected chi connectivity index (χ3v) is 4.91. The summed E-state index contributed by atoms with van der Waals surface area (Å²) < 4.78 is 17.5. The minimum Gasteiger partial charge on any atom is -0.494 e. The van der Waals surface area contributed by atoms with Crippen LogP contribution in [0.4, 0.5) is 0 Å².